The number of esters is 1. The first-order valence-electron chi connectivity index (χ1n) is 4.79. The van der Waals surface area contributed by atoms with Crippen LogP contribution in [0.3, 0.4) is 0 Å². The summed E-state index contributed by atoms with van der Waals surface area (Å²) in [5.41, 5.74) is 0. The molecule has 0 aromatic heterocycles. The molecule has 0 saturated carbocycles. The van der Waals surface area contributed by atoms with Gasteiger partial charge in [0.15, 0.2) is 0 Å². The Morgan fingerprint density at radius 1 is 1.38 bits per heavy atom. The molecular formula is C9H12O4. The molecule has 0 spiro atoms. The van der Waals surface area contributed by atoms with E-state index >= 15 is 0 Å². The lowest BCUT2D eigenvalue weighted by Crippen LogP contribution is -2.31. The van der Waals surface area contributed by atoms with Gasteiger partial charge in [-0.2, -0.15) is 0 Å². The first kappa shape index (κ1) is 7.76. The number of hydrogen-bond donors (Lipinski definition) is 0. The first-order chi connectivity index (χ1) is 6.31. The summed E-state index contributed by atoms with van der Waals surface area (Å²) in [5.74, 6) is -0.197. The number of hydrogen-bond acceptors (Lipinski definition) is 4. The van der Waals surface area contributed by atoms with Crippen molar-refractivity contribution in [1.82, 2.24) is 0 Å². The second kappa shape index (κ2) is 2.45. The first-order valence-corrected chi connectivity index (χ1v) is 4.79. The van der Waals surface area contributed by atoms with Gasteiger partial charge in [-0.25, -0.2) is 0 Å². The van der Waals surface area contributed by atoms with Crippen molar-refractivity contribution < 1.29 is 19.0 Å². The quantitative estimate of drug-likeness (QED) is 0.451. The van der Waals surface area contributed by atoms with Gasteiger partial charge in [0, 0.05) is 0 Å². The van der Waals surface area contributed by atoms with E-state index < -0.39 is 0 Å². The molecule has 0 radical (unpaired) electrons. The molecule has 13 heavy (non-hydrogen) atoms. The Kier molecular flexibility index (Phi) is 1.46. The normalized spacial score (nSPS) is 50.4. The molecule has 3 heterocycles. The van der Waals surface area contributed by atoms with Gasteiger partial charge in [0.25, 0.3) is 0 Å². The fourth-order valence-corrected chi connectivity index (χ4v) is 2.43. The Hall–Kier alpha value is -0.610. The van der Waals surface area contributed by atoms with E-state index in [1.165, 1.54) is 0 Å². The van der Waals surface area contributed by atoms with E-state index in [1.807, 2.05) is 6.92 Å². The Morgan fingerprint density at radius 3 is 2.85 bits per heavy atom. The molecule has 72 valence electrons. The summed E-state index contributed by atoms with van der Waals surface area (Å²) in [6, 6.07) is 0. The van der Waals surface area contributed by atoms with E-state index in [2.05, 4.69) is 0 Å². The van der Waals surface area contributed by atoms with Crippen LogP contribution in [0.15, 0.2) is 0 Å². The molecule has 3 aliphatic heterocycles. The second-order valence-electron chi connectivity index (χ2n) is 3.80. The zero-order valence-electron chi connectivity index (χ0n) is 7.43. The Morgan fingerprint density at radius 2 is 2.23 bits per heavy atom. The minimum Gasteiger partial charge on any atom is -0.466 e. The molecule has 3 saturated heterocycles. The number of fused-ring (bicyclic) bond motifs is 5. The van der Waals surface area contributed by atoms with E-state index in [0.29, 0.717) is 6.61 Å². The van der Waals surface area contributed by atoms with Gasteiger partial charge in [-0.3, -0.25) is 4.79 Å². The molecular weight excluding hydrogens is 172 g/mol. The average Bonchev–Trinajstić information content (AvgIpc) is 2.72. The number of carbonyl (C=O) groups is 1. The van der Waals surface area contributed by atoms with Gasteiger partial charge in [-0.1, -0.05) is 0 Å². The highest BCUT2D eigenvalue weighted by atomic mass is 16.7. The predicted molar refractivity (Wildman–Crippen MR) is 42.1 cm³/mol. The van der Waals surface area contributed by atoms with Crippen LogP contribution in [0.1, 0.15) is 13.3 Å². The number of epoxide rings is 1. The monoisotopic (exact) mass is 184 g/mol. The van der Waals surface area contributed by atoms with Crippen molar-refractivity contribution in [3.05, 3.63) is 0 Å². The van der Waals surface area contributed by atoms with Crippen LogP contribution in [-0.4, -0.2) is 37.0 Å². The maximum absolute atomic E-state index is 11.4. The van der Waals surface area contributed by atoms with E-state index in [-0.39, 0.29) is 36.3 Å². The maximum atomic E-state index is 11.4. The van der Waals surface area contributed by atoms with Gasteiger partial charge in [0.05, 0.1) is 18.6 Å². The van der Waals surface area contributed by atoms with Gasteiger partial charge in [0.2, 0.25) is 0 Å². The van der Waals surface area contributed by atoms with Crippen molar-refractivity contribution >= 4 is 5.97 Å². The lowest BCUT2D eigenvalue weighted by atomic mass is 9.89. The number of ether oxygens (including phenoxy) is 3. The third-order valence-electron chi connectivity index (χ3n) is 3.06. The fraction of sp³-hybridized carbons (Fsp3) is 0.889. The molecule has 0 aromatic rings. The van der Waals surface area contributed by atoms with Crippen LogP contribution < -0.4 is 0 Å². The van der Waals surface area contributed by atoms with E-state index in [4.69, 9.17) is 14.2 Å². The van der Waals surface area contributed by atoms with Crippen LogP contribution in [0.4, 0.5) is 0 Å². The van der Waals surface area contributed by atoms with Gasteiger partial charge < -0.3 is 14.2 Å². The highest BCUT2D eigenvalue weighted by molar-refractivity contribution is 5.74. The molecule has 0 N–H and O–H groups in total. The minimum atomic E-state index is -0.121. The molecule has 0 aliphatic carbocycles. The van der Waals surface area contributed by atoms with Gasteiger partial charge >= 0.3 is 5.97 Å². The topological polar surface area (TPSA) is 48.1 Å². The summed E-state index contributed by atoms with van der Waals surface area (Å²) in [4.78, 5) is 11.4. The second-order valence-corrected chi connectivity index (χ2v) is 3.80. The fourth-order valence-electron chi connectivity index (χ4n) is 2.43. The molecule has 3 fully saturated rings. The number of rotatable bonds is 2. The summed E-state index contributed by atoms with van der Waals surface area (Å²) in [6.07, 6.45) is 1.40. The van der Waals surface area contributed by atoms with Crippen LogP contribution in [0.2, 0.25) is 0 Å². The third kappa shape index (κ3) is 0.957. The van der Waals surface area contributed by atoms with Crippen molar-refractivity contribution in [2.75, 3.05) is 6.61 Å². The molecule has 4 heteroatoms. The number of carbonyl (C=O) groups excluding carboxylic acids is 1. The zero-order valence-corrected chi connectivity index (χ0v) is 7.43. The predicted octanol–water partition coefficient (Wildman–Crippen LogP) is 0.104. The molecule has 3 rings (SSSR count). The molecule has 0 unspecified atom stereocenters. The summed E-state index contributed by atoms with van der Waals surface area (Å²) in [5, 5.41) is 0. The summed E-state index contributed by atoms with van der Waals surface area (Å²) < 4.78 is 15.9. The highest BCUT2D eigenvalue weighted by Gasteiger charge is 2.66. The van der Waals surface area contributed by atoms with E-state index in [1.54, 1.807) is 0 Å². The van der Waals surface area contributed by atoms with Crippen molar-refractivity contribution in [3.63, 3.8) is 0 Å². The molecule has 0 aromatic carbocycles. The van der Waals surface area contributed by atoms with Crippen LogP contribution in [0.5, 0.6) is 0 Å². The Balaban J connectivity index is 1.70. The zero-order chi connectivity index (χ0) is 9.00. The van der Waals surface area contributed by atoms with Crippen LogP contribution in [-0.2, 0) is 19.0 Å². The summed E-state index contributed by atoms with van der Waals surface area (Å²) >= 11 is 0. The minimum absolute atomic E-state index is 0.0194. The highest BCUT2D eigenvalue weighted by Crippen LogP contribution is 2.51. The molecule has 3 aliphatic rings. The smallest absolute Gasteiger partial charge is 0.311 e. The molecule has 2 bridgehead atoms. The molecule has 5 atom stereocenters. The van der Waals surface area contributed by atoms with E-state index in [0.717, 1.165) is 6.42 Å². The van der Waals surface area contributed by atoms with Crippen LogP contribution >= 0.6 is 0 Å². The van der Waals surface area contributed by atoms with Gasteiger partial charge in [-0.05, 0) is 13.3 Å². The summed E-state index contributed by atoms with van der Waals surface area (Å²) in [7, 11) is 0. The van der Waals surface area contributed by atoms with Crippen molar-refractivity contribution in [1.29, 1.82) is 0 Å². The lowest BCUT2D eigenvalue weighted by Gasteiger charge is -2.14. The Bertz CT molecular complexity index is 252. The van der Waals surface area contributed by atoms with Gasteiger partial charge in [-0.15, -0.1) is 0 Å². The van der Waals surface area contributed by atoms with Crippen molar-refractivity contribution in [3.8, 4) is 0 Å². The van der Waals surface area contributed by atoms with Crippen molar-refractivity contribution in [2.24, 2.45) is 5.92 Å². The lowest BCUT2D eigenvalue weighted by molar-refractivity contribution is -0.150. The molecule has 4 nitrogen and oxygen atoms in total. The van der Waals surface area contributed by atoms with Crippen LogP contribution in [0.25, 0.3) is 0 Å². The van der Waals surface area contributed by atoms with Crippen molar-refractivity contribution in [2.45, 2.75) is 37.8 Å². The summed E-state index contributed by atoms with van der Waals surface area (Å²) in [6.45, 7) is 2.27. The Labute approximate surface area is 76.1 Å². The SMILES string of the molecule is CCOC(=O)[C@@H]1C[C@H]2O[C@H]1[C@H]1O[C@@H]12. The molecule has 0 amide bonds. The standard InChI is InChI=1S/C9H12O4/c1-2-11-9(10)4-3-5-7-8(13-7)6(4)12-5/h4-8H,2-3H2,1H3/t4-,5-,6-,7-,8-/m1/s1. The van der Waals surface area contributed by atoms with Crippen LogP contribution in [0, 0.1) is 5.92 Å². The third-order valence-corrected chi connectivity index (χ3v) is 3.06. The average molecular weight is 184 g/mol. The maximum Gasteiger partial charge on any atom is 0.311 e. The van der Waals surface area contributed by atoms with Gasteiger partial charge in [0.1, 0.15) is 18.3 Å². The largest absolute Gasteiger partial charge is 0.466 e. The van der Waals surface area contributed by atoms with E-state index in [9.17, 15) is 4.79 Å².